The molecule has 4 aliphatic carbocycles. The van der Waals surface area contributed by atoms with E-state index in [0.29, 0.717) is 44.1 Å². The Morgan fingerprint density at radius 3 is 2.48 bits per heavy atom. The van der Waals surface area contributed by atoms with E-state index in [1.165, 1.54) is 0 Å². The van der Waals surface area contributed by atoms with Gasteiger partial charge in [0.05, 0.1) is 6.10 Å². The number of benzene rings is 1. The maximum Gasteiger partial charge on any atom is 0.306 e. The van der Waals surface area contributed by atoms with Gasteiger partial charge in [0.2, 0.25) is 5.78 Å². The van der Waals surface area contributed by atoms with Crippen molar-refractivity contribution in [2.24, 2.45) is 28.6 Å². The molecular formula is C35H45Cl2NO6. The lowest BCUT2D eigenvalue weighted by Crippen LogP contribution is -2.61. The van der Waals surface area contributed by atoms with E-state index in [-0.39, 0.29) is 42.8 Å². The maximum atomic E-state index is 13.5. The zero-order chi connectivity index (χ0) is 31.7. The van der Waals surface area contributed by atoms with Crippen molar-refractivity contribution in [2.45, 2.75) is 76.9 Å². The molecule has 240 valence electrons. The van der Waals surface area contributed by atoms with Crippen molar-refractivity contribution < 1.29 is 29.3 Å². The van der Waals surface area contributed by atoms with Gasteiger partial charge in [0, 0.05) is 53.7 Å². The Hall–Kier alpha value is -2.19. The van der Waals surface area contributed by atoms with Crippen molar-refractivity contribution in [3.05, 3.63) is 53.6 Å². The molecule has 44 heavy (non-hydrogen) atoms. The third-order valence-corrected chi connectivity index (χ3v) is 11.7. The number of carbonyl (C=O) groups is 3. The third-order valence-electron chi connectivity index (χ3n) is 11.3. The van der Waals surface area contributed by atoms with E-state index in [4.69, 9.17) is 27.9 Å². The number of allylic oxidation sites excluding steroid dienone is 4. The summed E-state index contributed by atoms with van der Waals surface area (Å²) in [6.45, 7) is 4.99. The van der Waals surface area contributed by atoms with Crippen LogP contribution in [0.2, 0.25) is 0 Å². The molecular weight excluding hydrogens is 601 g/mol. The average Bonchev–Trinajstić information content (AvgIpc) is 3.27. The monoisotopic (exact) mass is 645 g/mol. The number of nitrogens with zero attached hydrogens (tertiary/aromatic N) is 1. The van der Waals surface area contributed by atoms with Crippen molar-refractivity contribution in [3.8, 4) is 0 Å². The van der Waals surface area contributed by atoms with Crippen molar-refractivity contribution in [1.82, 2.24) is 0 Å². The molecule has 0 amide bonds. The highest BCUT2D eigenvalue weighted by atomic mass is 35.5. The maximum absolute atomic E-state index is 13.5. The van der Waals surface area contributed by atoms with Crippen LogP contribution in [0.1, 0.15) is 64.4 Å². The molecule has 0 aliphatic heterocycles. The molecule has 4 aliphatic rings. The first kappa shape index (κ1) is 33.2. The van der Waals surface area contributed by atoms with Crippen molar-refractivity contribution in [3.63, 3.8) is 0 Å². The second-order valence-electron chi connectivity index (χ2n) is 13.6. The van der Waals surface area contributed by atoms with E-state index in [1.807, 2.05) is 37.3 Å². The van der Waals surface area contributed by atoms with Crippen LogP contribution in [0.3, 0.4) is 0 Å². The summed E-state index contributed by atoms with van der Waals surface area (Å²) in [7, 11) is 0. The Morgan fingerprint density at radius 2 is 1.80 bits per heavy atom. The molecule has 0 bridgehead atoms. The fourth-order valence-electron chi connectivity index (χ4n) is 9.01. The van der Waals surface area contributed by atoms with E-state index in [2.05, 4.69) is 11.8 Å². The number of hydrogen-bond donors (Lipinski definition) is 2. The van der Waals surface area contributed by atoms with E-state index in [9.17, 15) is 24.6 Å². The normalized spacial score (nSPS) is 34.0. The largest absolute Gasteiger partial charge is 0.458 e. The molecule has 7 atom stereocenters. The smallest absolute Gasteiger partial charge is 0.306 e. The Kier molecular flexibility index (Phi) is 10.0. The minimum absolute atomic E-state index is 0.0103. The number of esters is 1. The average molecular weight is 647 g/mol. The zero-order valence-electron chi connectivity index (χ0n) is 25.8. The number of aryl methyl sites for hydroxylation is 1. The number of hydrogen-bond acceptors (Lipinski definition) is 7. The van der Waals surface area contributed by atoms with Gasteiger partial charge in [-0.15, -0.1) is 23.2 Å². The van der Waals surface area contributed by atoms with E-state index < -0.39 is 40.9 Å². The van der Waals surface area contributed by atoms with Gasteiger partial charge in [-0.3, -0.25) is 14.4 Å². The SMILES string of the molecule is C[C@]12C=CC(=O)C=C1CC[C@@H]1[C@@H]2C(O)C[C@@]2(C)[C@H]1CC[C@]2(O)C(=O)COC(=O)CCCc1ccc(N(CCCl)CCCl)cc1. The third kappa shape index (κ3) is 6.02. The van der Waals surface area contributed by atoms with Gasteiger partial charge < -0.3 is 19.8 Å². The number of Topliss-reactive ketones (excluding diaryl/α,β-unsaturated/α-hetero) is 1. The number of ether oxygens (including phenoxy) is 1. The molecule has 0 aromatic heterocycles. The van der Waals surface area contributed by atoms with Gasteiger partial charge in [-0.05, 0) is 86.6 Å². The minimum atomic E-state index is -1.66. The number of halogens is 2. The van der Waals surface area contributed by atoms with Gasteiger partial charge in [-0.25, -0.2) is 0 Å². The molecule has 9 heteroatoms. The summed E-state index contributed by atoms with van der Waals surface area (Å²) in [4.78, 5) is 40.3. The molecule has 1 aromatic rings. The second kappa shape index (κ2) is 13.3. The van der Waals surface area contributed by atoms with Crippen molar-refractivity contribution >= 4 is 46.4 Å². The van der Waals surface area contributed by atoms with Crippen LogP contribution in [0.4, 0.5) is 5.69 Å². The first-order chi connectivity index (χ1) is 21.0. The molecule has 1 aromatic carbocycles. The van der Waals surface area contributed by atoms with Gasteiger partial charge in [0.25, 0.3) is 0 Å². The van der Waals surface area contributed by atoms with Crippen LogP contribution in [0.5, 0.6) is 0 Å². The highest BCUT2D eigenvalue weighted by Gasteiger charge is 2.68. The van der Waals surface area contributed by atoms with Gasteiger partial charge in [-0.1, -0.05) is 37.6 Å². The molecule has 5 rings (SSSR count). The summed E-state index contributed by atoms with van der Waals surface area (Å²) in [6.07, 6.45) is 8.81. The number of anilines is 1. The Morgan fingerprint density at radius 1 is 1.09 bits per heavy atom. The molecule has 7 nitrogen and oxygen atoms in total. The van der Waals surface area contributed by atoms with Gasteiger partial charge in [0.15, 0.2) is 12.4 Å². The minimum Gasteiger partial charge on any atom is -0.458 e. The summed E-state index contributed by atoms with van der Waals surface area (Å²) in [6, 6.07) is 8.12. The molecule has 0 spiro atoms. The molecule has 0 radical (unpaired) electrons. The van der Waals surface area contributed by atoms with Gasteiger partial charge in [0.1, 0.15) is 5.60 Å². The van der Waals surface area contributed by atoms with Crippen LogP contribution in [0.15, 0.2) is 48.1 Å². The molecule has 3 fully saturated rings. The first-order valence-corrected chi connectivity index (χ1v) is 17.0. The number of ketones is 2. The zero-order valence-corrected chi connectivity index (χ0v) is 27.3. The highest BCUT2D eigenvalue weighted by Crippen LogP contribution is 2.67. The predicted molar refractivity (Wildman–Crippen MR) is 172 cm³/mol. The topological polar surface area (TPSA) is 104 Å². The molecule has 2 N–H and O–H groups in total. The van der Waals surface area contributed by atoms with Crippen molar-refractivity contribution in [1.29, 1.82) is 0 Å². The summed E-state index contributed by atoms with van der Waals surface area (Å²) >= 11 is 11.8. The predicted octanol–water partition coefficient (Wildman–Crippen LogP) is 5.42. The van der Waals surface area contributed by atoms with Crippen LogP contribution in [0, 0.1) is 28.6 Å². The summed E-state index contributed by atoms with van der Waals surface area (Å²) < 4.78 is 5.39. The molecule has 3 saturated carbocycles. The standard InChI is InChI=1S/C35H45Cl2NO6/c1-33-14-12-26(39)20-24(33)8-11-27-28-13-15-35(43,34(28,2)21-29(40)32(27)33)30(41)22-44-31(42)5-3-4-23-6-9-25(10-7-23)38(18-16-36)19-17-37/h6-7,9-10,12,14,20,27-29,32,40,43H,3-5,8,11,13,15-19,21-22H2,1-2H3/t27-,28-,29?,32+,33-,34-,35-/m0/s1. The summed E-state index contributed by atoms with van der Waals surface area (Å²) in [5.41, 5.74) is 0.321. The Bertz CT molecular complexity index is 1310. The van der Waals surface area contributed by atoms with Gasteiger partial charge in [-0.2, -0.15) is 0 Å². The Labute approximate surface area is 270 Å². The van der Waals surface area contributed by atoms with Crippen LogP contribution in [-0.2, 0) is 25.5 Å². The second-order valence-corrected chi connectivity index (χ2v) is 14.3. The number of carbonyl (C=O) groups excluding carboxylic acids is 3. The van der Waals surface area contributed by atoms with Crippen LogP contribution < -0.4 is 4.90 Å². The lowest BCUT2D eigenvalue weighted by Gasteiger charge is -2.59. The summed E-state index contributed by atoms with van der Waals surface area (Å²) in [5.74, 6) is 0.166. The van der Waals surface area contributed by atoms with Gasteiger partial charge >= 0.3 is 5.97 Å². The van der Waals surface area contributed by atoms with Crippen molar-refractivity contribution in [2.75, 3.05) is 36.4 Å². The van der Waals surface area contributed by atoms with Crippen LogP contribution in [-0.4, -0.2) is 70.9 Å². The number of aliphatic hydroxyl groups is 2. The number of rotatable bonds is 12. The highest BCUT2D eigenvalue weighted by molar-refractivity contribution is 6.18. The van der Waals surface area contributed by atoms with Crippen LogP contribution in [0.25, 0.3) is 0 Å². The number of alkyl halides is 2. The van der Waals surface area contributed by atoms with E-state index in [0.717, 1.165) is 29.7 Å². The molecule has 0 saturated heterocycles. The fraction of sp³-hybridized carbons (Fsp3) is 0.629. The number of aliphatic hydroxyl groups excluding tert-OH is 1. The lowest BCUT2D eigenvalue weighted by atomic mass is 9.46. The number of fused-ring (bicyclic) bond motifs is 5. The van der Waals surface area contributed by atoms with E-state index in [1.54, 1.807) is 12.2 Å². The first-order valence-electron chi connectivity index (χ1n) is 16.0. The fourth-order valence-corrected chi connectivity index (χ4v) is 9.42. The van der Waals surface area contributed by atoms with E-state index >= 15 is 0 Å². The molecule has 1 unspecified atom stereocenters. The Balaban J connectivity index is 1.15. The molecule has 0 heterocycles. The van der Waals surface area contributed by atoms with Crippen LogP contribution >= 0.6 is 23.2 Å². The quantitative estimate of drug-likeness (QED) is 0.231. The summed E-state index contributed by atoms with van der Waals surface area (Å²) in [5, 5.41) is 23.4. The lowest BCUT2D eigenvalue weighted by molar-refractivity contribution is -0.181.